The predicted molar refractivity (Wildman–Crippen MR) is 117 cm³/mol. The van der Waals surface area contributed by atoms with E-state index in [1.54, 1.807) is 18.2 Å². The highest BCUT2D eigenvalue weighted by Crippen LogP contribution is 2.22. The number of hydrogen-bond acceptors (Lipinski definition) is 6. The van der Waals surface area contributed by atoms with Crippen molar-refractivity contribution in [1.29, 1.82) is 0 Å². The molecule has 1 heterocycles. The molecule has 0 saturated heterocycles. The average molecular weight is 476 g/mol. The van der Waals surface area contributed by atoms with E-state index < -0.39 is 26.0 Å². The summed E-state index contributed by atoms with van der Waals surface area (Å²) in [6.07, 6.45) is 3.10. The predicted octanol–water partition coefficient (Wildman–Crippen LogP) is 2.45. The van der Waals surface area contributed by atoms with Gasteiger partial charge in [0, 0.05) is 17.3 Å². The van der Waals surface area contributed by atoms with Crippen LogP contribution < -0.4 is 14.8 Å². The lowest BCUT2D eigenvalue weighted by Gasteiger charge is -2.10. The standard InChI is InChI=1S/C21H21N3O6S2/c25-21(15-6-10-19(11-7-15)32(28,29)24-16-8-9-16)23-17-3-1-5-20(13-17)31(26,27)22-14-18-4-2-12-30-18/h1-7,10-13,16,22,24H,8-9,14H2,(H,23,25). The van der Waals surface area contributed by atoms with Crippen molar-refractivity contribution in [3.63, 3.8) is 0 Å². The van der Waals surface area contributed by atoms with E-state index >= 15 is 0 Å². The van der Waals surface area contributed by atoms with Crippen molar-refractivity contribution in [2.24, 2.45) is 0 Å². The van der Waals surface area contributed by atoms with Crippen LogP contribution in [-0.4, -0.2) is 28.8 Å². The van der Waals surface area contributed by atoms with E-state index in [9.17, 15) is 21.6 Å². The van der Waals surface area contributed by atoms with Crippen LogP contribution in [0.2, 0.25) is 0 Å². The van der Waals surface area contributed by atoms with Crippen LogP contribution in [-0.2, 0) is 26.6 Å². The van der Waals surface area contributed by atoms with Crippen molar-refractivity contribution in [1.82, 2.24) is 9.44 Å². The van der Waals surface area contributed by atoms with Crippen molar-refractivity contribution in [2.45, 2.75) is 35.2 Å². The van der Waals surface area contributed by atoms with E-state index in [0.717, 1.165) is 12.8 Å². The molecule has 4 rings (SSSR count). The molecule has 0 atom stereocenters. The largest absolute Gasteiger partial charge is 0.468 e. The van der Waals surface area contributed by atoms with Crippen molar-refractivity contribution < 1.29 is 26.0 Å². The molecule has 168 valence electrons. The number of rotatable bonds is 9. The second-order valence-electron chi connectivity index (χ2n) is 7.31. The Morgan fingerprint density at radius 2 is 1.66 bits per heavy atom. The fourth-order valence-corrected chi connectivity index (χ4v) is 5.22. The van der Waals surface area contributed by atoms with Gasteiger partial charge in [-0.15, -0.1) is 0 Å². The van der Waals surface area contributed by atoms with Gasteiger partial charge in [0.2, 0.25) is 20.0 Å². The van der Waals surface area contributed by atoms with Gasteiger partial charge in [-0.05, 0) is 67.4 Å². The van der Waals surface area contributed by atoms with Gasteiger partial charge in [-0.25, -0.2) is 26.3 Å². The number of carbonyl (C=O) groups is 1. The number of carbonyl (C=O) groups excluding carboxylic acids is 1. The molecule has 1 fully saturated rings. The Kier molecular flexibility index (Phi) is 6.15. The number of hydrogen-bond donors (Lipinski definition) is 3. The van der Waals surface area contributed by atoms with Crippen LogP contribution in [0.5, 0.6) is 0 Å². The van der Waals surface area contributed by atoms with Gasteiger partial charge < -0.3 is 9.73 Å². The molecule has 32 heavy (non-hydrogen) atoms. The lowest BCUT2D eigenvalue weighted by molar-refractivity contribution is 0.102. The Morgan fingerprint density at radius 3 is 2.31 bits per heavy atom. The van der Waals surface area contributed by atoms with Crippen molar-refractivity contribution in [3.8, 4) is 0 Å². The maximum atomic E-state index is 12.6. The van der Waals surface area contributed by atoms with E-state index in [4.69, 9.17) is 4.42 Å². The maximum Gasteiger partial charge on any atom is 0.255 e. The number of sulfonamides is 2. The van der Waals surface area contributed by atoms with Crippen molar-refractivity contribution >= 4 is 31.6 Å². The highest BCUT2D eigenvalue weighted by atomic mass is 32.2. The number of amides is 1. The first-order chi connectivity index (χ1) is 15.2. The van der Waals surface area contributed by atoms with Crippen LogP contribution in [0.4, 0.5) is 5.69 Å². The highest BCUT2D eigenvalue weighted by Gasteiger charge is 2.28. The van der Waals surface area contributed by atoms with Crippen LogP contribution in [0.15, 0.2) is 81.1 Å². The summed E-state index contributed by atoms with van der Waals surface area (Å²) in [7, 11) is -7.43. The molecule has 1 saturated carbocycles. The van der Waals surface area contributed by atoms with E-state index in [0.29, 0.717) is 5.76 Å². The monoisotopic (exact) mass is 475 g/mol. The van der Waals surface area contributed by atoms with E-state index in [2.05, 4.69) is 14.8 Å². The van der Waals surface area contributed by atoms with E-state index in [1.807, 2.05) is 0 Å². The molecule has 1 amide bonds. The second kappa shape index (κ2) is 8.87. The van der Waals surface area contributed by atoms with Crippen LogP contribution in [0.25, 0.3) is 0 Å². The van der Waals surface area contributed by atoms with E-state index in [-0.39, 0.29) is 33.6 Å². The molecule has 2 aromatic carbocycles. The molecule has 0 unspecified atom stereocenters. The summed E-state index contributed by atoms with van der Waals surface area (Å²) in [5.74, 6) is -0.0296. The molecule has 0 spiro atoms. The van der Waals surface area contributed by atoms with Gasteiger partial charge in [-0.3, -0.25) is 4.79 Å². The first-order valence-corrected chi connectivity index (χ1v) is 12.8. The van der Waals surface area contributed by atoms with Gasteiger partial charge in [0.1, 0.15) is 5.76 Å². The molecule has 0 aliphatic heterocycles. The Hall–Kier alpha value is -2.99. The summed E-state index contributed by atoms with van der Waals surface area (Å²) in [5.41, 5.74) is 0.516. The Morgan fingerprint density at radius 1 is 0.906 bits per heavy atom. The molecule has 1 aromatic heterocycles. The third-order valence-corrected chi connectivity index (χ3v) is 7.68. The lowest BCUT2D eigenvalue weighted by Crippen LogP contribution is -2.25. The minimum atomic E-state index is -3.82. The summed E-state index contributed by atoms with van der Waals surface area (Å²) in [4.78, 5) is 12.6. The maximum absolute atomic E-state index is 12.6. The quantitative estimate of drug-likeness (QED) is 0.435. The minimum absolute atomic E-state index is 0.00319. The molecule has 0 bridgehead atoms. The summed E-state index contributed by atoms with van der Waals surface area (Å²) >= 11 is 0. The third kappa shape index (κ3) is 5.43. The lowest BCUT2D eigenvalue weighted by atomic mass is 10.2. The Labute approximate surface area is 185 Å². The first-order valence-electron chi connectivity index (χ1n) is 9.79. The number of benzene rings is 2. The van der Waals surface area contributed by atoms with Crippen LogP contribution in [0.3, 0.4) is 0 Å². The van der Waals surface area contributed by atoms with Crippen LogP contribution in [0, 0.1) is 0 Å². The molecular weight excluding hydrogens is 454 g/mol. The first kappa shape index (κ1) is 22.2. The number of nitrogens with one attached hydrogen (secondary N) is 3. The molecular formula is C21H21N3O6S2. The summed E-state index contributed by atoms with van der Waals surface area (Å²) in [6.45, 7) is -0.00319. The van der Waals surface area contributed by atoms with Gasteiger partial charge in [-0.1, -0.05) is 6.07 Å². The molecule has 0 radical (unpaired) electrons. The molecule has 1 aliphatic rings. The summed E-state index contributed by atoms with van der Waals surface area (Å²) < 4.78 is 59.6. The van der Waals surface area contributed by atoms with E-state index in [1.165, 1.54) is 48.7 Å². The Balaban J connectivity index is 1.43. The van der Waals surface area contributed by atoms with Crippen molar-refractivity contribution in [3.05, 3.63) is 78.3 Å². The smallest absolute Gasteiger partial charge is 0.255 e. The molecule has 1 aliphatic carbocycles. The molecule has 11 heteroatoms. The van der Waals surface area contributed by atoms with Gasteiger partial charge in [0.05, 0.1) is 22.6 Å². The zero-order valence-corrected chi connectivity index (χ0v) is 18.4. The molecule has 3 aromatic rings. The number of anilines is 1. The summed E-state index contributed by atoms with van der Waals surface area (Å²) in [6, 6.07) is 14.6. The zero-order valence-electron chi connectivity index (χ0n) is 16.8. The fraction of sp³-hybridized carbons (Fsp3) is 0.190. The van der Waals surface area contributed by atoms with Gasteiger partial charge >= 0.3 is 0 Å². The zero-order chi connectivity index (χ0) is 22.8. The average Bonchev–Trinajstić information content (AvgIpc) is 3.41. The fourth-order valence-electron chi connectivity index (χ4n) is 2.88. The van der Waals surface area contributed by atoms with Gasteiger partial charge in [0.15, 0.2) is 0 Å². The molecule has 9 nitrogen and oxygen atoms in total. The summed E-state index contributed by atoms with van der Waals surface area (Å²) in [5, 5.41) is 2.63. The van der Waals surface area contributed by atoms with Crippen LogP contribution in [0.1, 0.15) is 29.0 Å². The molecule has 3 N–H and O–H groups in total. The highest BCUT2D eigenvalue weighted by molar-refractivity contribution is 7.89. The third-order valence-electron chi connectivity index (χ3n) is 4.74. The minimum Gasteiger partial charge on any atom is -0.468 e. The topological polar surface area (TPSA) is 135 Å². The van der Waals surface area contributed by atoms with Gasteiger partial charge in [-0.2, -0.15) is 0 Å². The second-order valence-corrected chi connectivity index (χ2v) is 10.8. The SMILES string of the molecule is O=C(Nc1cccc(S(=O)(=O)NCc2ccco2)c1)c1ccc(S(=O)(=O)NC2CC2)cc1. The van der Waals surface area contributed by atoms with Crippen LogP contribution >= 0.6 is 0 Å². The van der Waals surface area contributed by atoms with Gasteiger partial charge in [0.25, 0.3) is 5.91 Å². The Bertz CT molecular complexity index is 1310. The number of furan rings is 1. The van der Waals surface area contributed by atoms with Crippen molar-refractivity contribution in [2.75, 3.05) is 5.32 Å². The normalized spacial score (nSPS) is 14.2.